The number of carbonyl (C=O) groups is 2. The molecule has 1 atom stereocenters. The fraction of sp³-hybridized carbons (Fsp3) is 0.286. The third-order valence-corrected chi connectivity index (χ3v) is 7.79. The lowest BCUT2D eigenvalue weighted by atomic mass is 10.1. The summed E-state index contributed by atoms with van der Waals surface area (Å²) in [4.78, 5) is 27.7. The van der Waals surface area contributed by atoms with Crippen molar-refractivity contribution in [1.82, 2.24) is 10.2 Å². The van der Waals surface area contributed by atoms with Crippen molar-refractivity contribution in [2.24, 2.45) is 0 Å². The third-order valence-electron chi connectivity index (χ3n) is 6.00. The molecular formula is C28H32FN3O4S. The Morgan fingerprint density at radius 3 is 2.16 bits per heavy atom. The zero-order valence-corrected chi connectivity index (χ0v) is 22.0. The summed E-state index contributed by atoms with van der Waals surface area (Å²) in [5, 5.41) is 2.73. The molecule has 9 heteroatoms. The molecule has 196 valence electrons. The second kappa shape index (κ2) is 12.5. The highest BCUT2D eigenvalue weighted by molar-refractivity contribution is 7.92. The van der Waals surface area contributed by atoms with Crippen molar-refractivity contribution in [3.63, 3.8) is 0 Å². The average Bonchev–Trinajstić information content (AvgIpc) is 2.89. The highest BCUT2D eigenvalue weighted by atomic mass is 32.2. The van der Waals surface area contributed by atoms with E-state index in [0.717, 1.165) is 27.6 Å². The fourth-order valence-electron chi connectivity index (χ4n) is 3.87. The summed E-state index contributed by atoms with van der Waals surface area (Å²) in [6.07, 6.45) is 0.484. The van der Waals surface area contributed by atoms with E-state index in [1.807, 2.05) is 37.3 Å². The lowest BCUT2D eigenvalue weighted by Gasteiger charge is -2.32. The van der Waals surface area contributed by atoms with Crippen LogP contribution in [0.3, 0.4) is 0 Å². The number of anilines is 1. The molecule has 0 spiro atoms. The van der Waals surface area contributed by atoms with Crippen LogP contribution in [0.1, 0.15) is 25.0 Å². The van der Waals surface area contributed by atoms with Crippen molar-refractivity contribution < 1.29 is 22.4 Å². The highest BCUT2D eigenvalue weighted by Gasteiger charge is 2.32. The average molecular weight is 526 g/mol. The molecule has 0 aliphatic carbocycles. The maximum Gasteiger partial charge on any atom is 0.264 e. The van der Waals surface area contributed by atoms with E-state index in [-0.39, 0.29) is 23.0 Å². The molecule has 0 saturated carbocycles. The molecule has 3 rings (SSSR count). The summed E-state index contributed by atoms with van der Waals surface area (Å²) in [6.45, 7) is 5.29. The maximum atomic E-state index is 13.7. The van der Waals surface area contributed by atoms with E-state index >= 15 is 0 Å². The Labute approximate surface area is 218 Å². The third kappa shape index (κ3) is 7.16. The molecule has 1 unspecified atom stereocenters. The van der Waals surface area contributed by atoms with Crippen molar-refractivity contribution in [3.05, 3.63) is 95.8 Å². The van der Waals surface area contributed by atoms with Crippen molar-refractivity contribution in [2.45, 2.75) is 38.1 Å². The largest absolute Gasteiger partial charge is 0.355 e. The molecule has 0 saturated heterocycles. The minimum atomic E-state index is -4.17. The van der Waals surface area contributed by atoms with Crippen LogP contribution in [0.2, 0.25) is 0 Å². The molecule has 3 aromatic rings. The second-order valence-corrected chi connectivity index (χ2v) is 10.6. The summed E-state index contributed by atoms with van der Waals surface area (Å²) in [7, 11) is -4.17. The van der Waals surface area contributed by atoms with Gasteiger partial charge in [-0.15, -0.1) is 0 Å². The molecule has 1 N–H and O–H groups in total. The summed E-state index contributed by atoms with van der Waals surface area (Å²) < 4.78 is 41.9. The zero-order valence-electron chi connectivity index (χ0n) is 21.2. The van der Waals surface area contributed by atoms with Gasteiger partial charge in [0, 0.05) is 13.1 Å². The van der Waals surface area contributed by atoms with Crippen molar-refractivity contribution in [1.29, 1.82) is 0 Å². The van der Waals surface area contributed by atoms with E-state index in [1.54, 1.807) is 26.0 Å². The Kier molecular flexibility index (Phi) is 9.41. The van der Waals surface area contributed by atoms with E-state index in [9.17, 15) is 22.4 Å². The molecule has 0 aliphatic heterocycles. The Bertz CT molecular complexity index is 1300. The number of hydrogen-bond acceptors (Lipinski definition) is 4. The van der Waals surface area contributed by atoms with Gasteiger partial charge in [0.2, 0.25) is 11.8 Å². The minimum absolute atomic E-state index is 0.00263. The number of carbonyl (C=O) groups excluding carboxylic acids is 2. The van der Waals surface area contributed by atoms with E-state index in [0.29, 0.717) is 13.0 Å². The summed E-state index contributed by atoms with van der Waals surface area (Å²) in [5.41, 5.74) is 2.00. The molecule has 2 amide bonds. The van der Waals surface area contributed by atoms with E-state index < -0.39 is 34.3 Å². The van der Waals surface area contributed by atoms with E-state index in [1.165, 1.54) is 29.2 Å². The maximum absolute atomic E-state index is 13.7. The van der Waals surface area contributed by atoms with Crippen LogP contribution < -0.4 is 9.62 Å². The molecule has 0 heterocycles. The van der Waals surface area contributed by atoms with Gasteiger partial charge in [0.25, 0.3) is 10.0 Å². The van der Waals surface area contributed by atoms with Gasteiger partial charge in [0.1, 0.15) is 18.4 Å². The topological polar surface area (TPSA) is 86.8 Å². The van der Waals surface area contributed by atoms with Crippen LogP contribution >= 0.6 is 0 Å². The Balaban J connectivity index is 1.96. The van der Waals surface area contributed by atoms with E-state index in [2.05, 4.69) is 5.32 Å². The number of amides is 2. The molecule has 0 radical (unpaired) electrons. The quantitative estimate of drug-likeness (QED) is 0.411. The van der Waals surface area contributed by atoms with Crippen LogP contribution in [0, 0.1) is 12.7 Å². The van der Waals surface area contributed by atoms with Gasteiger partial charge in [-0.05, 0) is 69.2 Å². The molecule has 0 fully saturated rings. The number of benzene rings is 3. The van der Waals surface area contributed by atoms with Crippen LogP contribution in [0.15, 0.2) is 83.8 Å². The monoisotopic (exact) mass is 525 g/mol. The molecule has 0 aromatic heterocycles. The van der Waals surface area contributed by atoms with Gasteiger partial charge in [0.05, 0.1) is 10.6 Å². The van der Waals surface area contributed by atoms with Crippen LogP contribution in [0.25, 0.3) is 0 Å². The number of hydrogen-bond donors (Lipinski definition) is 1. The molecule has 7 nitrogen and oxygen atoms in total. The number of nitrogens with zero attached hydrogens (tertiary/aromatic N) is 2. The first-order valence-electron chi connectivity index (χ1n) is 12.1. The predicted octanol–water partition coefficient (Wildman–Crippen LogP) is 3.93. The number of rotatable bonds is 11. The number of likely N-dealkylation sites (N-methyl/N-ethyl adjacent to an activating group) is 1. The lowest BCUT2D eigenvalue weighted by molar-refractivity contribution is -0.138. The first-order valence-corrected chi connectivity index (χ1v) is 13.5. The summed E-state index contributed by atoms with van der Waals surface area (Å²) >= 11 is 0. The summed E-state index contributed by atoms with van der Waals surface area (Å²) in [6, 6.07) is 19.9. The van der Waals surface area contributed by atoms with E-state index in [4.69, 9.17) is 0 Å². The van der Waals surface area contributed by atoms with Gasteiger partial charge >= 0.3 is 0 Å². The molecular weight excluding hydrogens is 493 g/mol. The van der Waals surface area contributed by atoms with Crippen LogP contribution in [0.5, 0.6) is 0 Å². The van der Waals surface area contributed by atoms with Crippen LogP contribution in [-0.2, 0) is 26.0 Å². The van der Waals surface area contributed by atoms with Gasteiger partial charge in [0.15, 0.2) is 0 Å². The number of sulfonamides is 1. The first kappa shape index (κ1) is 27.9. The van der Waals surface area contributed by atoms with Gasteiger partial charge in [-0.3, -0.25) is 13.9 Å². The molecule has 37 heavy (non-hydrogen) atoms. The minimum Gasteiger partial charge on any atom is -0.355 e. The smallest absolute Gasteiger partial charge is 0.264 e. The number of nitrogens with one attached hydrogen (secondary N) is 1. The predicted molar refractivity (Wildman–Crippen MR) is 142 cm³/mol. The Morgan fingerprint density at radius 1 is 0.946 bits per heavy atom. The lowest BCUT2D eigenvalue weighted by Crippen LogP contribution is -2.52. The fourth-order valence-corrected chi connectivity index (χ4v) is 5.28. The normalized spacial score (nSPS) is 12.0. The highest BCUT2D eigenvalue weighted by Crippen LogP contribution is 2.25. The zero-order chi connectivity index (χ0) is 27.0. The Morgan fingerprint density at radius 2 is 1.57 bits per heavy atom. The van der Waals surface area contributed by atoms with Crippen LogP contribution in [-0.4, -0.2) is 50.8 Å². The van der Waals surface area contributed by atoms with Gasteiger partial charge in [-0.1, -0.05) is 48.0 Å². The van der Waals surface area contributed by atoms with Gasteiger partial charge in [-0.25, -0.2) is 12.8 Å². The summed E-state index contributed by atoms with van der Waals surface area (Å²) in [5.74, 6) is -1.41. The van der Waals surface area contributed by atoms with Crippen molar-refractivity contribution >= 4 is 27.5 Å². The van der Waals surface area contributed by atoms with Crippen molar-refractivity contribution in [3.8, 4) is 0 Å². The van der Waals surface area contributed by atoms with Gasteiger partial charge < -0.3 is 10.2 Å². The van der Waals surface area contributed by atoms with Crippen molar-refractivity contribution in [2.75, 3.05) is 23.9 Å². The SMILES string of the molecule is CCNC(=O)C(C)N(CCc1ccccc1)C(=O)CN(c1ccc(F)cc1)S(=O)(=O)c1ccc(C)cc1. The van der Waals surface area contributed by atoms with Crippen LogP contribution in [0.4, 0.5) is 10.1 Å². The number of halogens is 1. The standard InChI is InChI=1S/C28H32FN3O4S/c1-4-30-28(34)22(3)31(19-18-23-8-6-5-7-9-23)27(33)20-32(25-14-12-24(29)13-15-25)37(35,36)26-16-10-21(2)11-17-26/h5-17,22H,4,18-20H2,1-3H3,(H,30,34). The molecule has 0 bridgehead atoms. The molecule has 0 aliphatic rings. The Hall–Kier alpha value is -3.72. The molecule has 3 aromatic carbocycles. The second-order valence-electron chi connectivity index (χ2n) is 8.69. The number of aryl methyl sites for hydroxylation is 1. The van der Waals surface area contributed by atoms with Gasteiger partial charge in [-0.2, -0.15) is 0 Å². The first-order chi connectivity index (χ1) is 17.6.